The molecule has 6 rings (SSSR count). The first-order chi connectivity index (χ1) is 17.5. The van der Waals surface area contributed by atoms with Crippen LogP contribution in [0.5, 0.6) is 11.5 Å². The fourth-order valence-corrected chi connectivity index (χ4v) is 5.97. The largest absolute Gasteiger partial charge is 0.454 e. The van der Waals surface area contributed by atoms with Gasteiger partial charge in [-0.15, -0.1) is 11.3 Å². The van der Waals surface area contributed by atoms with Crippen LogP contribution in [0.1, 0.15) is 38.4 Å². The minimum absolute atomic E-state index is 0.102. The van der Waals surface area contributed by atoms with Crippen LogP contribution in [0.3, 0.4) is 0 Å². The Bertz CT molecular complexity index is 1360. The number of carbonyl (C=O) groups is 3. The first-order valence-electron chi connectivity index (χ1n) is 11.9. The summed E-state index contributed by atoms with van der Waals surface area (Å²) < 4.78 is 10.8. The van der Waals surface area contributed by atoms with Crippen molar-refractivity contribution in [2.24, 2.45) is 5.92 Å². The minimum Gasteiger partial charge on any atom is -0.454 e. The molecular formula is C27H25N3O5S. The third-order valence-corrected chi connectivity index (χ3v) is 7.83. The Kier molecular flexibility index (Phi) is 5.64. The van der Waals surface area contributed by atoms with E-state index < -0.39 is 0 Å². The maximum Gasteiger partial charge on any atom is 0.268 e. The van der Waals surface area contributed by atoms with E-state index in [1.807, 2.05) is 30.6 Å². The highest BCUT2D eigenvalue weighted by atomic mass is 32.1. The predicted octanol–water partition coefficient (Wildman–Crippen LogP) is 4.15. The highest BCUT2D eigenvalue weighted by Crippen LogP contribution is 2.40. The molecule has 36 heavy (non-hydrogen) atoms. The number of amides is 3. The van der Waals surface area contributed by atoms with E-state index in [9.17, 15) is 14.4 Å². The molecule has 1 fully saturated rings. The molecule has 0 radical (unpaired) electrons. The van der Waals surface area contributed by atoms with Crippen LogP contribution >= 0.6 is 11.3 Å². The van der Waals surface area contributed by atoms with Crippen LogP contribution in [0, 0.1) is 5.92 Å². The molecule has 0 bridgehead atoms. The number of nitrogens with zero attached hydrogens (tertiary/aromatic N) is 3. The number of rotatable bonds is 5. The number of fused-ring (bicyclic) bond motifs is 2. The molecule has 3 aliphatic heterocycles. The van der Waals surface area contributed by atoms with Gasteiger partial charge in [0.05, 0.1) is 35.0 Å². The van der Waals surface area contributed by atoms with Gasteiger partial charge in [0.2, 0.25) is 12.7 Å². The van der Waals surface area contributed by atoms with Crippen molar-refractivity contribution in [2.45, 2.75) is 19.4 Å². The molecule has 3 amide bonds. The van der Waals surface area contributed by atoms with Crippen LogP contribution in [-0.2, 0) is 11.3 Å². The van der Waals surface area contributed by atoms with E-state index in [0.717, 1.165) is 24.3 Å². The Morgan fingerprint density at radius 2 is 1.94 bits per heavy atom. The molecule has 9 heteroatoms. The van der Waals surface area contributed by atoms with Crippen molar-refractivity contribution in [1.29, 1.82) is 0 Å². The van der Waals surface area contributed by atoms with Crippen molar-refractivity contribution in [3.8, 4) is 11.5 Å². The fraction of sp³-hybridized carbons (Fsp3) is 0.296. The van der Waals surface area contributed by atoms with Crippen LogP contribution in [0.25, 0.3) is 0 Å². The van der Waals surface area contributed by atoms with E-state index in [-0.39, 0.29) is 30.4 Å². The maximum atomic E-state index is 13.6. The molecule has 0 saturated carbocycles. The normalized spacial score (nSPS) is 18.5. The first kappa shape index (κ1) is 22.6. The van der Waals surface area contributed by atoms with Crippen molar-refractivity contribution < 1.29 is 23.9 Å². The molecular weight excluding hydrogens is 478 g/mol. The smallest absolute Gasteiger partial charge is 0.268 e. The van der Waals surface area contributed by atoms with Crippen LogP contribution in [0.2, 0.25) is 0 Å². The summed E-state index contributed by atoms with van der Waals surface area (Å²) in [6.07, 6.45) is 1.64. The van der Waals surface area contributed by atoms with Gasteiger partial charge in [-0.05, 0) is 48.6 Å². The molecule has 3 aliphatic rings. The molecule has 1 atom stereocenters. The lowest BCUT2D eigenvalue weighted by Crippen LogP contribution is -2.44. The Hall–Kier alpha value is -3.85. The SMILES string of the molecule is CN(Cc1cccs1)C(=O)[C@@H]1CCCN(c2cccc3c2C(=O)N(c2ccc4c(c2)OCO4)C3=O)C1. The number of hydrogen-bond acceptors (Lipinski definition) is 7. The van der Waals surface area contributed by atoms with Gasteiger partial charge < -0.3 is 19.3 Å². The zero-order valence-corrected chi connectivity index (χ0v) is 20.6. The fourth-order valence-electron chi connectivity index (χ4n) is 5.21. The van der Waals surface area contributed by atoms with E-state index in [0.29, 0.717) is 47.1 Å². The summed E-state index contributed by atoms with van der Waals surface area (Å²) in [5.74, 6) is 0.294. The summed E-state index contributed by atoms with van der Waals surface area (Å²) in [4.78, 5) is 46.4. The average Bonchev–Trinajstić information content (AvgIpc) is 3.64. The first-order valence-corrected chi connectivity index (χ1v) is 12.8. The number of piperidine rings is 1. The second-order valence-electron chi connectivity index (χ2n) is 9.24. The van der Waals surface area contributed by atoms with Gasteiger partial charge >= 0.3 is 0 Å². The molecule has 1 saturated heterocycles. The third-order valence-electron chi connectivity index (χ3n) is 6.97. The van der Waals surface area contributed by atoms with Gasteiger partial charge in [0.25, 0.3) is 11.8 Å². The number of anilines is 2. The Morgan fingerprint density at radius 3 is 2.78 bits per heavy atom. The van der Waals surface area contributed by atoms with Gasteiger partial charge in [0, 0.05) is 31.1 Å². The zero-order chi connectivity index (χ0) is 24.8. The van der Waals surface area contributed by atoms with Crippen LogP contribution in [0.4, 0.5) is 11.4 Å². The van der Waals surface area contributed by atoms with Crippen molar-refractivity contribution in [1.82, 2.24) is 4.90 Å². The summed E-state index contributed by atoms with van der Waals surface area (Å²) in [7, 11) is 1.84. The van der Waals surface area contributed by atoms with E-state index in [2.05, 4.69) is 4.90 Å². The van der Waals surface area contributed by atoms with Gasteiger partial charge in [0.15, 0.2) is 11.5 Å². The highest BCUT2D eigenvalue weighted by molar-refractivity contribution is 7.09. The predicted molar refractivity (Wildman–Crippen MR) is 136 cm³/mol. The molecule has 0 spiro atoms. The summed E-state index contributed by atoms with van der Waals surface area (Å²) in [5, 5.41) is 2.01. The standard InChI is InChI=1S/C27H25N3O5S/c1-28(15-19-6-4-12-36-19)25(31)17-5-3-11-29(14-17)21-8-2-7-20-24(21)27(33)30(26(20)32)18-9-10-22-23(13-18)35-16-34-22/h2,4,6-10,12-13,17H,3,5,11,14-16H2,1H3/t17-/m1/s1. The number of hydrogen-bond donors (Lipinski definition) is 0. The summed E-state index contributed by atoms with van der Waals surface area (Å²) >= 11 is 1.64. The number of ether oxygens (including phenoxy) is 2. The number of carbonyl (C=O) groups excluding carboxylic acids is 3. The molecule has 184 valence electrons. The Balaban J connectivity index is 1.25. The third kappa shape index (κ3) is 3.80. The molecule has 0 aliphatic carbocycles. The molecule has 1 aromatic heterocycles. The lowest BCUT2D eigenvalue weighted by atomic mass is 9.95. The van der Waals surface area contributed by atoms with Gasteiger partial charge in [0.1, 0.15) is 0 Å². The molecule has 3 aromatic rings. The van der Waals surface area contributed by atoms with Crippen molar-refractivity contribution in [3.05, 3.63) is 69.9 Å². The quantitative estimate of drug-likeness (QED) is 0.487. The maximum absolute atomic E-state index is 13.6. The van der Waals surface area contributed by atoms with E-state index in [1.54, 1.807) is 46.6 Å². The summed E-state index contributed by atoms with van der Waals surface area (Å²) in [6, 6.07) is 14.4. The van der Waals surface area contributed by atoms with E-state index in [1.165, 1.54) is 4.90 Å². The second-order valence-corrected chi connectivity index (χ2v) is 10.3. The highest BCUT2D eigenvalue weighted by Gasteiger charge is 2.41. The molecule has 2 aromatic carbocycles. The topological polar surface area (TPSA) is 79.4 Å². The van der Waals surface area contributed by atoms with Gasteiger partial charge in [-0.25, -0.2) is 4.90 Å². The van der Waals surface area contributed by atoms with E-state index in [4.69, 9.17) is 9.47 Å². The molecule has 8 nitrogen and oxygen atoms in total. The molecule has 0 N–H and O–H groups in total. The van der Waals surface area contributed by atoms with Crippen LogP contribution in [-0.4, -0.2) is 49.6 Å². The van der Waals surface area contributed by atoms with Gasteiger partial charge in [-0.1, -0.05) is 12.1 Å². The summed E-state index contributed by atoms with van der Waals surface area (Å²) in [6.45, 7) is 1.93. The van der Waals surface area contributed by atoms with Crippen LogP contribution in [0.15, 0.2) is 53.9 Å². The van der Waals surface area contributed by atoms with Crippen LogP contribution < -0.4 is 19.3 Å². The monoisotopic (exact) mass is 503 g/mol. The Morgan fingerprint density at radius 1 is 1.08 bits per heavy atom. The van der Waals surface area contributed by atoms with Crippen molar-refractivity contribution >= 4 is 40.4 Å². The number of imide groups is 1. The van der Waals surface area contributed by atoms with Gasteiger partial charge in [-0.2, -0.15) is 0 Å². The molecule has 0 unspecified atom stereocenters. The Labute approximate surface area is 212 Å². The number of thiophene rings is 1. The zero-order valence-electron chi connectivity index (χ0n) is 19.8. The van der Waals surface area contributed by atoms with Crippen molar-refractivity contribution in [2.75, 3.05) is 36.7 Å². The van der Waals surface area contributed by atoms with Crippen molar-refractivity contribution in [3.63, 3.8) is 0 Å². The lowest BCUT2D eigenvalue weighted by molar-refractivity contribution is -0.135. The minimum atomic E-state index is -0.368. The average molecular weight is 504 g/mol. The second kappa shape index (κ2) is 8.98. The lowest BCUT2D eigenvalue weighted by Gasteiger charge is -2.36. The molecule has 4 heterocycles. The summed E-state index contributed by atoms with van der Waals surface area (Å²) in [5.41, 5.74) is 1.91. The van der Waals surface area contributed by atoms with Gasteiger partial charge in [-0.3, -0.25) is 14.4 Å². The number of benzene rings is 2. The van der Waals surface area contributed by atoms with E-state index >= 15 is 0 Å².